The number of nitrogen functional groups attached to an aromatic ring is 1. The van der Waals surface area contributed by atoms with Crippen molar-refractivity contribution in [3.05, 3.63) is 70.5 Å². The molecule has 0 spiro atoms. The first-order valence-electron chi connectivity index (χ1n) is 9.51. The van der Waals surface area contributed by atoms with Gasteiger partial charge in [0.15, 0.2) is 0 Å². The molecule has 3 nitrogen and oxygen atoms in total. The Balaban J connectivity index is 2.53. The van der Waals surface area contributed by atoms with Crippen molar-refractivity contribution in [1.29, 1.82) is 0 Å². The lowest BCUT2D eigenvalue weighted by Crippen LogP contribution is -2.10. The number of aryl methyl sites for hydroxylation is 1. The summed E-state index contributed by atoms with van der Waals surface area (Å²) < 4.78 is 5.66. The van der Waals surface area contributed by atoms with Gasteiger partial charge in [0.1, 0.15) is 0 Å². The van der Waals surface area contributed by atoms with Crippen LogP contribution in [0.3, 0.4) is 0 Å². The van der Waals surface area contributed by atoms with Gasteiger partial charge in [-0.1, -0.05) is 30.8 Å². The third-order valence-corrected chi connectivity index (χ3v) is 5.29. The van der Waals surface area contributed by atoms with Gasteiger partial charge >= 0.3 is 0 Å². The zero-order valence-electron chi connectivity index (χ0n) is 16.9. The van der Waals surface area contributed by atoms with E-state index < -0.39 is 0 Å². The van der Waals surface area contributed by atoms with E-state index >= 15 is 0 Å². The number of ether oxygens (including phenoxy) is 1. The molecule has 0 aliphatic heterocycles. The van der Waals surface area contributed by atoms with Crippen LogP contribution in [-0.4, -0.2) is 13.2 Å². The molecule has 0 aromatic heterocycles. The summed E-state index contributed by atoms with van der Waals surface area (Å²) in [5.74, 6) is 1.40. The van der Waals surface area contributed by atoms with Gasteiger partial charge in [0, 0.05) is 24.8 Å². The summed E-state index contributed by atoms with van der Waals surface area (Å²) in [4.78, 5) is 0. The Bertz CT molecular complexity index is 801. The minimum absolute atomic E-state index is 0.115. The molecule has 4 heteroatoms. The maximum absolute atomic E-state index is 6.42. The molecule has 2 aromatic rings. The number of hydrogen-bond donors (Lipinski definition) is 2. The van der Waals surface area contributed by atoms with Gasteiger partial charge in [0.2, 0.25) is 0 Å². The number of nitrogens with one attached hydrogen (secondary N) is 1. The maximum atomic E-state index is 6.42. The molecule has 0 saturated heterocycles. The van der Waals surface area contributed by atoms with E-state index in [0.29, 0.717) is 18.9 Å². The SMILES string of the molecule is C=C(CC(c1ccc(C)c(CCl)c1)c1ccc(NCC)c(N)c1C)OCC. The Morgan fingerprint density at radius 3 is 2.59 bits per heavy atom. The highest BCUT2D eigenvalue weighted by atomic mass is 35.5. The second-order valence-electron chi connectivity index (χ2n) is 6.82. The smallest absolute Gasteiger partial charge is 0.0897 e. The predicted octanol–water partition coefficient (Wildman–Crippen LogP) is 6.13. The highest BCUT2D eigenvalue weighted by Gasteiger charge is 2.21. The van der Waals surface area contributed by atoms with Crippen molar-refractivity contribution in [2.24, 2.45) is 0 Å². The van der Waals surface area contributed by atoms with Gasteiger partial charge in [-0.2, -0.15) is 0 Å². The number of hydrogen-bond acceptors (Lipinski definition) is 3. The average molecular weight is 387 g/mol. The quantitative estimate of drug-likeness (QED) is 0.309. The minimum atomic E-state index is 0.115. The first-order valence-corrected chi connectivity index (χ1v) is 10.0. The van der Waals surface area contributed by atoms with Crippen molar-refractivity contribution in [2.45, 2.75) is 45.9 Å². The van der Waals surface area contributed by atoms with E-state index in [4.69, 9.17) is 22.1 Å². The van der Waals surface area contributed by atoms with Gasteiger partial charge in [-0.15, -0.1) is 11.6 Å². The molecular weight excluding hydrogens is 356 g/mol. The van der Waals surface area contributed by atoms with E-state index in [1.165, 1.54) is 16.7 Å². The molecular formula is C23H31ClN2O. The number of nitrogens with two attached hydrogens (primary N) is 1. The molecule has 146 valence electrons. The van der Waals surface area contributed by atoms with Gasteiger partial charge in [-0.3, -0.25) is 0 Å². The zero-order chi connectivity index (χ0) is 20.0. The van der Waals surface area contributed by atoms with Crippen LogP contribution in [0.5, 0.6) is 0 Å². The molecule has 3 N–H and O–H groups in total. The first-order chi connectivity index (χ1) is 12.9. The monoisotopic (exact) mass is 386 g/mol. The highest BCUT2D eigenvalue weighted by Crippen LogP contribution is 2.37. The zero-order valence-corrected chi connectivity index (χ0v) is 17.6. The molecule has 0 bridgehead atoms. The number of anilines is 2. The Morgan fingerprint density at radius 2 is 1.96 bits per heavy atom. The lowest BCUT2D eigenvalue weighted by molar-refractivity contribution is 0.217. The van der Waals surface area contributed by atoms with Crippen molar-refractivity contribution in [3.63, 3.8) is 0 Å². The van der Waals surface area contributed by atoms with E-state index in [2.05, 4.69) is 63.0 Å². The summed E-state index contributed by atoms with van der Waals surface area (Å²) in [7, 11) is 0. The van der Waals surface area contributed by atoms with Crippen molar-refractivity contribution in [3.8, 4) is 0 Å². The van der Waals surface area contributed by atoms with Crippen molar-refractivity contribution in [1.82, 2.24) is 0 Å². The Kier molecular flexibility index (Phi) is 7.61. The van der Waals surface area contributed by atoms with Gasteiger partial charge in [0.05, 0.1) is 23.7 Å². The van der Waals surface area contributed by atoms with Crippen LogP contribution >= 0.6 is 11.6 Å². The van der Waals surface area contributed by atoms with Crippen molar-refractivity contribution in [2.75, 3.05) is 24.2 Å². The number of halogens is 1. The molecule has 0 aliphatic rings. The fourth-order valence-corrected chi connectivity index (χ4v) is 3.71. The lowest BCUT2D eigenvalue weighted by atomic mass is 9.83. The van der Waals surface area contributed by atoms with Crippen LogP contribution in [0.2, 0.25) is 0 Å². The molecule has 1 unspecified atom stereocenters. The maximum Gasteiger partial charge on any atom is 0.0897 e. The minimum Gasteiger partial charge on any atom is -0.499 e. The standard InChI is InChI=1S/C23H31ClN2O/c1-6-26-22-11-10-20(17(5)23(22)25)21(12-16(4)27-7-2)18-9-8-15(3)19(13-18)14-24/h8-11,13,21,26H,4,6-7,12,14,25H2,1-3,5H3. The van der Waals surface area contributed by atoms with Gasteiger partial charge < -0.3 is 15.8 Å². The normalized spacial score (nSPS) is 11.9. The molecule has 2 rings (SSSR count). The van der Waals surface area contributed by atoms with Crippen LogP contribution in [0.25, 0.3) is 0 Å². The molecule has 1 atom stereocenters. The fourth-order valence-electron chi connectivity index (χ4n) is 3.42. The van der Waals surface area contributed by atoms with E-state index in [0.717, 1.165) is 34.8 Å². The highest BCUT2D eigenvalue weighted by molar-refractivity contribution is 6.17. The molecule has 2 aromatic carbocycles. The molecule has 0 fully saturated rings. The molecule has 0 heterocycles. The Hall–Kier alpha value is -2.13. The van der Waals surface area contributed by atoms with Crippen LogP contribution in [0.15, 0.2) is 42.7 Å². The average Bonchev–Trinajstić information content (AvgIpc) is 2.65. The van der Waals surface area contributed by atoms with E-state index in [-0.39, 0.29) is 5.92 Å². The molecule has 0 radical (unpaired) electrons. The third-order valence-electron chi connectivity index (χ3n) is 5.00. The molecule has 0 saturated carbocycles. The summed E-state index contributed by atoms with van der Waals surface area (Å²) in [6, 6.07) is 10.7. The summed E-state index contributed by atoms with van der Waals surface area (Å²) in [5, 5.41) is 3.32. The fraction of sp³-hybridized carbons (Fsp3) is 0.391. The van der Waals surface area contributed by atoms with Crippen LogP contribution in [0, 0.1) is 13.8 Å². The van der Waals surface area contributed by atoms with Crippen LogP contribution in [0.4, 0.5) is 11.4 Å². The van der Waals surface area contributed by atoms with E-state index in [1.807, 2.05) is 6.92 Å². The summed E-state index contributed by atoms with van der Waals surface area (Å²) in [5.41, 5.74) is 14.0. The van der Waals surface area contributed by atoms with Crippen LogP contribution < -0.4 is 11.1 Å². The largest absolute Gasteiger partial charge is 0.499 e. The topological polar surface area (TPSA) is 47.3 Å². The second-order valence-corrected chi connectivity index (χ2v) is 7.09. The number of alkyl halides is 1. The molecule has 27 heavy (non-hydrogen) atoms. The van der Waals surface area contributed by atoms with E-state index in [1.54, 1.807) is 0 Å². The van der Waals surface area contributed by atoms with Crippen molar-refractivity contribution < 1.29 is 4.74 Å². The first kappa shape index (κ1) is 21.2. The number of rotatable bonds is 9. The second kappa shape index (κ2) is 9.70. The van der Waals surface area contributed by atoms with Gasteiger partial charge in [0.25, 0.3) is 0 Å². The summed E-state index contributed by atoms with van der Waals surface area (Å²) in [6.45, 7) is 13.8. The number of allylic oxidation sites excluding steroid dienone is 1. The lowest BCUT2D eigenvalue weighted by Gasteiger charge is -2.24. The van der Waals surface area contributed by atoms with Gasteiger partial charge in [-0.05, 0) is 61.6 Å². The molecule has 0 aliphatic carbocycles. The summed E-state index contributed by atoms with van der Waals surface area (Å²) in [6.07, 6.45) is 0.708. The van der Waals surface area contributed by atoms with Gasteiger partial charge in [-0.25, -0.2) is 0 Å². The molecule has 0 amide bonds. The number of benzene rings is 2. The van der Waals surface area contributed by atoms with E-state index in [9.17, 15) is 0 Å². The summed E-state index contributed by atoms with van der Waals surface area (Å²) >= 11 is 6.15. The third kappa shape index (κ3) is 4.98. The Labute approximate surface area is 168 Å². The van der Waals surface area contributed by atoms with Crippen LogP contribution in [-0.2, 0) is 10.6 Å². The van der Waals surface area contributed by atoms with Crippen LogP contribution in [0.1, 0.15) is 54.0 Å². The van der Waals surface area contributed by atoms with Crippen molar-refractivity contribution >= 4 is 23.0 Å². The predicted molar refractivity (Wildman–Crippen MR) is 118 cm³/mol. The Morgan fingerprint density at radius 1 is 1.22 bits per heavy atom.